The highest BCUT2D eigenvalue weighted by atomic mass is 32.2. The maximum absolute atomic E-state index is 13.3. The molecule has 0 bridgehead atoms. The van der Waals surface area contributed by atoms with Crippen molar-refractivity contribution in [3.05, 3.63) is 64.6 Å². The molecule has 3 amide bonds. The van der Waals surface area contributed by atoms with E-state index in [0.29, 0.717) is 16.9 Å². The molecule has 32 heavy (non-hydrogen) atoms. The number of nitrogens with one attached hydrogen (secondary N) is 1. The van der Waals surface area contributed by atoms with Crippen molar-refractivity contribution in [2.45, 2.75) is 6.92 Å². The monoisotopic (exact) mass is 467 g/mol. The number of carboxylic acid groups (broad SMARTS) is 1. The fourth-order valence-corrected chi connectivity index (χ4v) is 4.79. The van der Waals surface area contributed by atoms with Crippen LogP contribution in [0.5, 0.6) is 0 Å². The Balaban J connectivity index is 1.64. The molecule has 0 unspecified atom stereocenters. The summed E-state index contributed by atoms with van der Waals surface area (Å²) in [7, 11) is 0. The van der Waals surface area contributed by atoms with Gasteiger partial charge in [-0.15, -0.1) is 0 Å². The zero-order valence-corrected chi connectivity index (χ0v) is 18.5. The largest absolute Gasteiger partial charge is 0.480 e. The van der Waals surface area contributed by atoms with E-state index < -0.39 is 30.2 Å². The highest BCUT2D eigenvalue weighted by Gasteiger charge is 2.42. The third kappa shape index (κ3) is 4.02. The second kappa shape index (κ2) is 8.56. The standard InChI is InChI=1S/C22H17N3O5S2/c1-12-6-8-13(9-7-12)23-16(26)10-24-15-5-3-2-4-14(15)18(20(24)29)19-21(30)25(11-17(27)28)22(31)32-19/h2-9H,10-11H2,1H3,(H,23,26)(H,27,28)/b19-18+. The number of rotatable bonds is 5. The topological polar surface area (TPSA) is 107 Å². The van der Waals surface area contributed by atoms with E-state index in [-0.39, 0.29) is 21.3 Å². The summed E-state index contributed by atoms with van der Waals surface area (Å²) in [6.45, 7) is 1.11. The van der Waals surface area contributed by atoms with E-state index in [9.17, 15) is 19.2 Å². The molecule has 0 atom stereocenters. The number of aliphatic carboxylic acids is 1. The summed E-state index contributed by atoms with van der Waals surface area (Å²) in [5, 5.41) is 11.8. The van der Waals surface area contributed by atoms with Crippen molar-refractivity contribution in [1.82, 2.24) is 4.90 Å². The molecule has 2 aliphatic rings. The van der Waals surface area contributed by atoms with Gasteiger partial charge in [0.25, 0.3) is 11.8 Å². The van der Waals surface area contributed by atoms with Gasteiger partial charge in [0.05, 0.1) is 16.2 Å². The fraction of sp³-hybridized carbons (Fsp3) is 0.136. The fourth-order valence-electron chi connectivity index (χ4n) is 3.46. The molecule has 162 valence electrons. The zero-order chi connectivity index (χ0) is 23.0. The normalized spacial score (nSPS) is 17.7. The van der Waals surface area contributed by atoms with E-state index in [4.69, 9.17) is 17.3 Å². The van der Waals surface area contributed by atoms with Gasteiger partial charge in [-0.1, -0.05) is 59.9 Å². The molecule has 2 heterocycles. The molecule has 0 saturated carbocycles. The van der Waals surface area contributed by atoms with Gasteiger partial charge in [-0.3, -0.25) is 29.0 Å². The lowest BCUT2D eigenvalue weighted by Gasteiger charge is -2.17. The molecule has 10 heteroatoms. The third-order valence-electron chi connectivity index (χ3n) is 4.93. The van der Waals surface area contributed by atoms with E-state index in [1.54, 1.807) is 36.4 Å². The van der Waals surface area contributed by atoms with Crippen LogP contribution in [0.15, 0.2) is 53.4 Å². The number of aryl methyl sites for hydroxylation is 1. The number of amides is 3. The van der Waals surface area contributed by atoms with Gasteiger partial charge in [-0.25, -0.2) is 0 Å². The lowest BCUT2D eigenvalue weighted by atomic mass is 10.1. The van der Waals surface area contributed by atoms with E-state index in [2.05, 4.69) is 5.32 Å². The smallest absolute Gasteiger partial charge is 0.323 e. The quantitative estimate of drug-likeness (QED) is 0.514. The Morgan fingerprint density at radius 1 is 1.00 bits per heavy atom. The molecule has 0 aliphatic carbocycles. The highest BCUT2D eigenvalue weighted by Crippen LogP contribution is 2.44. The van der Waals surface area contributed by atoms with Crippen molar-refractivity contribution in [2.75, 3.05) is 23.3 Å². The average Bonchev–Trinajstić information content (AvgIpc) is 3.17. The maximum Gasteiger partial charge on any atom is 0.323 e. The number of carboxylic acids is 1. The Morgan fingerprint density at radius 2 is 1.69 bits per heavy atom. The Kier molecular flexibility index (Phi) is 5.81. The molecule has 2 aromatic carbocycles. The Morgan fingerprint density at radius 3 is 2.38 bits per heavy atom. The number of anilines is 2. The van der Waals surface area contributed by atoms with Crippen LogP contribution < -0.4 is 10.2 Å². The number of carbonyl (C=O) groups excluding carboxylic acids is 3. The molecular weight excluding hydrogens is 450 g/mol. The van der Waals surface area contributed by atoms with Gasteiger partial charge >= 0.3 is 5.97 Å². The van der Waals surface area contributed by atoms with Crippen molar-refractivity contribution in [3.8, 4) is 0 Å². The van der Waals surface area contributed by atoms with Gasteiger partial charge in [0.2, 0.25) is 5.91 Å². The first kappa shape index (κ1) is 21.7. The van der Waals surface area contributed by atoms with Crippen LogP contribution in [-0.2, 0) is 19.2 Å². The summed E-state index contributed by atoms with van der Waals surface area (Å²) in [6, 6.07) is 14.1. The molecule has 8 nitrogen and oxygen atoms in total. The van der Waals surface area contributed by atoms with Crippen LogP contribution in [0, 0.1) is 6.92 Å². The molecule has 2 aliphatic heterocycles. The second-order valence-electron chi connectivity index (χ2n) is 7.18. The number of nitrogens with zero attached hydrogens (tertiary/aromatic N) is 2. The number of hydrogen-bond donors (Lipinski definition) is 2. The third-order valence-corrected chi connectivity index (χ3v) is 6.38. The minimum absolute atomic E-state index is 0.0649. The van der Waals surface area contributed by atoms with Gasteiger partial charge in [-0.05, 0) is 25.1 Å². The average molecular weight is 468 g/mol. The van der Waals surface area contributed by atoms with Crippen LogP contribution in [0.1, 0.15) is 11.1 Å². The van der Waals surface area contributed by atoms with Crippen LogP contribution in [0.3, 0.4) is 0 Å². The number of carbonyl (C=O) groups is 4. The predicted octanol–water partition coefficient (Wildman–Crippen LogP) is 2.64. The van der Waals surface area contributed by atoms with Crippen LogP contribution in [0.2, 0.25) is 0 Å². The molecule has 0 spiro atoms. The van der Waals surface area contributed by atoms with Crippen LogP contribution in [-0.4, -0.2) is 51.1 Å². The maximum atomic E-state index is 13.3. The van der Waals surface area contributed by atoms with E-state index >= 15 is 0 Å². The number of thioether (sulfide) groups is 1. The summed E-state index contributed by atoms with van der Waals surface area (Å²) in [6.07, 6.45) is 0. The van der Waals surface area contributed by atoms with Gasteiger partial charge in [0.15, 0.2) is 0 Å². The van der Waals surface area contributed by atoms with E-state index in [1.165, 1.54) is 4.90 Å². The minimum atomic E-state index is -1.21. The Labute approximate surface area is 192 Å². The zero-order valence-electron chi connectivity index (χ0n) is 16.8. The molecule has 0 radical (unpaired) electrons. The van der Waals surface area contributed by atoms with Crippen LogP contribution in [0.25, 0.3) is 5.57 Å². The number of thiocarbonyl (C=S) groups is 1. The van der Waals surface area contributed by atoms with E-state index in [1.807, 2.05) is 19.1 Å². The minimum Gasteiger partial charge on any atom is -0.480 e. The summed E-state index contributed by atoms with van der Waals surface area (Å²) in [5.74, 6) is -2.75. The molecule has 1 saturated heterocycles. The van der Waals surface area contributed by atoms with Gasteiger partial charge < -0.3 is 10.4 Å². The Bertz CT molecular complexity index is 1210. The van der Waals surface area contributed by atoms with Crippen molar-refractivity contribution >= 4 is 68.9 Å². The van der Waals surface area contributed by atoms with Crippen molar-refractivity contribution < 1.29 is 24.3 Å². The van der Waals surface area contributed by atoms with Gasteiger partial charge in [0.1, 0.15) is 17.4 Å². The predicted molar refractivity (Wildman–Crippen MR) is 125 cm³/mol. The molecule has 0 aromatic heterocycles. The molecular formula is C22H17N3O5S2. The van der Waals surface area contributed by atoms with E-state index in [0.717, 1.165) is 22.2 Å². The second-order valence-corrected chi connectivity index (χ2v) is 8.82. The molecule has 1 fully saturated rings. The van der Waals surface area contributed by atoms with Crippen molar-refractivity contribution in [3.63, 3.8) is 0 Å². The van der Waals surface area contributed by atoms with Crippen molar-refractivity contribution in [1.29, 1.82) is 0 Å². The number of hydrogen-bond acceptors (Lipinski definition) is 6. The molecule has 4 rings (SSSR count). The summed E-state index contributed by atoms with van der Waals surface area (Å²) in [4.78, 5) is 52.2. The first-order valence-electron chi connectivity index (χ1n) is 9.54. The van der Waals surface area contributed by atoms with Crippen molar-refractivity contribution in [2.24, 2.45) is 0 Å². The summed E-state index contributed by atoms with van der Waals surface area (Å²) in [5.41, 5.74) is 2.77. The molecule has 2 N–H and O–H groups in total. The number of fused-ring (bicyclic) bond motifs is 1. The number of benzene rings is 2. The lowest BCUT2D eigenvalue weighted by molar-refractivity contribution is -0.140. The first-order chi connectivity index (χ1) is 15.3. The summed E-state index contributed by atoms with van der Waals surface area (Å²) >= 11 is 6.04. The molecule has 2 aromatic rings. The summed E-state index contributed by atoms with van der Waals surface area (Å²) < 4.78 is 0.0701. The Hall–Kier alpha value is -3.50. The lowest BCUT2D eigenvalue weighted by Crippen LogP contribution is -2.36. The SMILES string of the molecule is Cc1ccc(NC(=O)CN2C(=O)/C(=C3/SC(=S)N(CC(=O)O)C3=O)c3ccccc32)cc1. The van der Waals surface area contributed by atoms with Gasteiger partial charge in [0, 0.05) is 11.3 Å². The number of para-hydroxylation sites is 1. The van der Waals surface area contributed by atoms with Crippen LogP contribution in [0.4, 0.5) is 11.4 Å². The highest BCUT2D eigenvalue weighted by molar-refractivity contribution is 8.26. The van der Waals surface area contributed by atoms with Gasteiger partial charge in [-0.2, -0.15) is 0 Å². The first-order valence-corrected chi connectivity index (χ1v) is 10.8. The van der Waals surface area contributed by atoms with Crippen LogP contribution >= 0.6 is 24.0 Å².